The predicted octanol–water partition coefficient (Wildman–Crippen LogP) is 7.14. The highest BCUT2D eigenvalue weighted by atomic mass is 19.1. The van der Waals surface area contributed by atoms with E-state index in [1.165, 1.54) is 31.1 Å². The van der Waals surface area contributed by atoms with Crippen LogP contribution in [0, 0.1) is 35.2 Å². The van der Waals surface area contributed by atoms with E-state index in [0.717, 1.165) is 37.7 Å². The molecular formula is C24H27F3O. The van der Waals surface area contributed by atoms with Crippen molar-refractivity contribution in [3.05, 3.63) is 53.9 Å². The van der Waals surface area contributed by atoms with Crippen molar-refractivity contribution in [2.24, 2.45) is 17.8 Å². The highest BCUT2D eigenvalue weighted by Gasteiger charge is 2.37. The van der Waals surface area contributed by atoms with Crippen LogP contribution in [0.3, 0.4) is 0 Å². The maximum absolute atomic E-state index is 15.3. The zero-order valence-electron chi connectivity index (χ0n) is 16.3. The third kappa shape index (κ3) is 3.54. The van der Waals surface area contributed by atoms with Gasteiger partial charge in [-0.05, 0) is 73.3 Å². The average molecular weight is 388 g/mol. The second-order valence-electron chi connectivity index (χ2n) is 8.64. The Hall–Kier alpha value is -1.97. The molecule has 0 amide bonds. The largest absolute Gasteiger partial charge is 0.489 e. The predicted molar refractivity (Wildman–Crippen MR) is 106 cm³/mol. The molecule has 1 nitrogen and oxygen atoms in total. The summed E-state index contributed by atoms with van der Waals surface area (Å²) in [5, 5.41) is 0.0553. The van der Waals surface area contributed by atoms with Gasteiger partial charge in [0.1, 0.15) is 29.8 Å². The Bertz CT molecular complexity index is 891. The second-order valence-corrected chi connectivity index (χ2v) is 8.64. The zero-order chi connectivity index (χ0) is 19.8. The Balaban J connectivity index is 1.68. The number of halogens is 3. The molecular weight excluding hydrogens is 361 g/mol. The summed E-state index contributed by atoms with van der Waals surface area (Å²) >= 11 is 0. The molecule has 0 radical (unpaired) electrons. The highest BCUT2D eigenvalue weighted by Crippen LogP contribution is 2.49. The van der Waals surface area contributed by atoms with Gasteiger partial charge in [-0.2, -0.15) is 0 Å². The van der Waals surface area contributed by atoms with Gasteiger partial charge in [0.2, 0.25) is 0 Å². The number of ether oxygens (including phenoxy) is 1. The van der Waals surface area contributed by atoms with Crippen LogP contribution in [-0.4, -0.2) is 6.61 Å². The third-order valence-corrected chi connectivity index (χ3v) is 6.74. The van der Waals surface area contributed by atoms with Crippen LogP contribution < -0.4 is 4.74 Å². The lowest BCUT2D eigenvalue weighted by Gasteiger charge is -2.41. The molecule has 2 aliphatic carbocycles. The van der Waals surface area contributed by atoms with Crippen LogP contribution in [0.4, 0.5) is 13.2 Å². The number of hydrogen-bond acceptors (Lipinski definition) is 1. The molecule has 0 bridgehead atoms. The van der Waals surface area contributed by atoms with E-state index < -0.39 is 17.5 Å². The summed E-state index contributed by atoms with van der Waals surface area (Å²) in [6, 6.07) is 3.90. The molecule has 2 aromatic carbocycles. The fourth-order valence-corrected chi connectivity index (χ4v) is 5.40. The molecule has 28 heavy (non-hydrogen) atoms. The molecule has 4 unspecified atom stereocenters. The first kappa shape index (κ1) is 19.4. The molecule has 0 N–H and O–H groups in total. The standard InChI is InChI=1S/C24H27F3O/c1-3-8-28-19-11-18-12-20(25)22(24(27)23(18)21(26)13-19)17-7-6-15-9-14(2)4-5-16(15)10-17/h3,11-17H,1,4-10H2,2H3. The molecule has 4 heteroatoms. The van der Waals surface area contributed by atoms with Crippen molar-refractivity contribution in [1.29, 1.82) is 0 Å². The maximum atomic E-state index is 15.3. The van der Waals surface area contributed by atoms with Gasteiger partial charge in [0.25, 0.3) is 0 Å². The number of rotatable bonds is 4. The summed E-state index contributed by atoms with van der Waals surface area (Å²) < 4.78 is 50.2. The number of benzene rings is 2. The van der Waals surface area contributed by atoms with E-state index in [4.69, 9.17) is 4.74 Å². The van der Waals surface area contributed by atoms with Gasteiger partial charge in [0, 0.05) is 11.6 Å². The van der Waals surface area contributed by atoms with Gasteiger partial charge in [-0.1, -0.05) is 26.0 Å². The molecule has 0 spiro atoms. The summed E-state index contributed by atoms with van der Waals surface area (Å²) in [6.07, 6.45) is 7.68. The molecule has 0 aliphatic heterocycles. The lowest BCUT2D eigenvalue weighted by atomic mass is 9.64. The van der Waals surface area contributed by atoms with E-state index >= 15 is 4.39 Å². The van der Waals surface area contributed by atoms with Gasteiger partial charge in [0.15, 0.2) is 0 Å². The zero-order valence-corrected chi connectivity index (χ0v) is 16.3. The van der Waals surface area contributed by atoms with E-state index in [9.17, 15) is 8.78 Å². The van der Waals surface area contributed by atoms with Crippen molar-refractivity contribution < 1.29 is 17.9 Å². The monoisotopic (exact) mass is 388 g/mol. The molecule has 4 rings (SSSR count). The molecule has 0 heterocycles. The first-order valence-electron chi connectivity index (χ1n) is 10.3. The average Bonchev–Trinajstić information content (AvgIpc) is 2.65. The number of fused-ring (bicyclic) bond motifs is 2. The second kappa shape index (κ2) is 7.81. The Morgan fingerprint density at radius 3 is 2.54 bits per heavy atom. The Morgan fingerprint density at radius 2 is 1.75 bits per heavy atom. The summed E-state index contributed by atoms with van der Waals surface area (Å²) in [7, 11) is 0. The lowest BCUT2D eigenvalue weighted by Crippen LogP contribution is -2.30. The first-order valence-corrected chi connectivity index (χ1v) is 10.3. The molecule has 2 aliphatic rings. The Morgan fingerprint density at radius 1 is 1.00 bits per heavy atom. The molecule has 0 saturated heterocycles. The summed E-state index contributed by atoms with van der Waals surface area (Å²) in [5.41, 5.74) is 0.0724. The Labute approximate surface area is 164 Å². The van der Waals surface area contributed by atoms with Gasteiger partial charge in [0.05, 0.1) is 5.39 Å². The summed E-state index contributed by atoms with van der Waals surface area (Å²) in [6.45, 7) is 6.04. The van der Waals surface area contributed by atoms with E-state index in [1.807, 2.05) is 0 Å². The van der Waals surface area contributed by atoms with Crippen LogP contribution in [0.25, 0.3) is 10.8 Å². The van der Waals surface area contributed by atoms with Crippen molar-refractivity contribution in [3.8, 4) is 5.75 Å². The van der Waals surface area contributed by atoms with Crippen molar-refractivity contribution in [2.45, 2.75) is 51.4 Å². The van der Waals surface area contributed by atoms with Crippen molar-refractivity contribution in [2.75, 3.05) is 6.61 Å². The fraction of sp³-hybridized carbons (Fsp3) is 0.500. The molecule has 0 aromatic heterocycles. The van der Waals surface area contributed by atoms with E-state index in [2.05, 4.69) is 13.5 Å². The van der Waals surface area contributed by atoms with E-state index in [1.54, 1.807) is 0 Å². The SMILES string of the molecule is C=CCOc1cc(F)c2c(F)c(C3CCC4CC(C)CCC4C3)c(F)cc2c1. The highest BCUT2D eigenvalue weighted by molar-refractivity contribution is 5.86. The van der Waals surface area contributed by atoms with Crippen molar-refractivity contribution in [1.82, 2.24) is 0 Å². The smallest absolute Gasteiger partial charge is 0.140 e. The summed E-state index contributed by atoms with van der Waals surface area (Å²) in [4.78, 5) is 0. The molecule has 150 valence electrons. The maximum Gasteiger partial charge on any atom is 0.140 e. The minimum Gasteiger partial charge on any atom is -0.489 e. The molecule has 2 fully saturated rings. The van der Waals surface area contributed by atoms with Crippen LogP contribution >= 0.6 is 0 Å². The van der Waals surface area contributed by atoms with Crippen LogP contribution in [-0.2, 0) is 0 Å². The van der Waals surface area contributed by atoms with Crippen LogP contribution in [0.1, 0.15) is 56.9 Å². The van der Waals surface area contributed by atoms with Crippen LogP contribution in [0.2, 0.25) is 0 Å². The van der Waals surface area contributed by atoms with Crippen molar-refractivity contribution >= 4 is 10.8 Å². The lowest BCUT2D eigenvalue weighted by molar-refractivity contribution is 0.123. The van der Waals surface area contributed by atoms with E-state index in [0.29, 0.717) is 11.8 Å². The minimum absolute atomic E-state index is 0.0724. The quantitative estimate of drug-likeness (QED) is 0.506. The van der Waals surface area contributed by atoms with Gasteiger partial charge in [-0.15, -0.1) is 0 Å². The summed E-state index contributed by atoms with van der Waals surface area (Å²) in [5.74, 6) is 0.00242. The van der Waals surface area contributed by atoms with Gasteiger partial charge < -0.3 is 4.74 Å². The molecule has 2 aromatic rings. The van der Waals surface area contributed by atoms with Gasteiger partial charge in [-0.25, -0.2) is 13.2 Å². The molecule has 4 atom stereocenters. The van der Waals surface area contributed by atoms with Crippen LogP contribution in [0.5, 0.6) is 5.75 Å². The molecule has 2 saturated carbocycles. The Kier molecular flexibility index (Phi) is 5.39. The number of hydrogen-bond donors (Lipinski definition) is 0. The topological polar surface area (TPSA) is 9.23 Å². The van der Waals surface area contributed by atoms with Crippen molar-refractivity contribution in [3.63, 3.8) is 0 Å². The normalized spacial score (nSPS) is 27.4. The van der Waals surface area contributed by atoms with Gasteiger partial charge in [-0.3, -0.25) is 0 Å². The fourth-order valence-electron chi connectivity index (χ4n) is 5.40. The first-order chi connectivity index (χ1) is 13.5. The van der Waals surface area contributed by atoms with E-state index in [-0.39, 0.29) is 34.6 Å². The van der Waals surface area contributed by atoms with Gasteiger partial charge >= 0.3 is 0 Å². The van der Waals surface area contributed by atoms with Crippen LogP contribution in [0.15, 0.2) is 30.9 Å². The third-order valence-electron chi connectivity index (χ3n) is 6.74. The minimum atomic E-state index is -0.740.